The maximum absolute atomic E-state index is 10.9. The monoisotopic (exact) mass is 218 g/mol. The molecule has 0 aliphatic carbocycles. The molecule has 0 radical (unpaired) electrons. The van der Waals surface area contributed by atoms with Crippen molar-refractivity contribution in [1.29, 1.82) is 0 Å². The molecule has 1 unspecified atom stereocenters. The Bertz CT molecular complexity index is 157. The molecule has 0 heterocycles. The highest BCUT2D eigenvalue weighted by Gasteiger charge is 2.12. The summed E-state index contributed by atoms with van der Waals surface area (Å²) >= 11 is 3.73. The predicted octanol–water partition coefficient (Wildman–Crippen LogP) is 2.66. The third-order valence-electron chi connectivity index (χ3n) is 2.40. The first-order chi connectivity index (χ1) is 6.57. The summed E-state index contributed by atoms with van der Waals surface area (Å²) in [5.41, 5.74) is 0. The number of rotatable bonds is 8. The normalized spacial score (nSPS) is 13.2. The van der Waals surface area contributed by atoms with E-state index in [9.17, 15) is 4.79 Å². The molecule has 3 heteroatoms. The number of hydrogen-bond acceptors (Lipinski definition) is 2. The molecule has 0 saturated heterocycles. The number of hydrogen-bond donors (Lipinski definition) is 2. The lowest BCUT2D eigenvalue weighted by molar-refractivity contribution is -0.115. The van der Waals surface area contributed by atoms with E-state index in [0.717, 1.165) is 25.2 Å². The summed E-state index contributed by atoms with van der Waals surface area (Å²) in [4.78, 5) is 10.9. The highest BCUT2D eigenvalue weighted by molar-refractivity contribution is 7.96. The van der Waals surface area contributed by atoms with Crippen LogP contribution in [0.15, 0.2) is 0 Å². The zero-order valence-corrected chi connectivity index (χ0v) is 10.1. The van der Waals surface area contributed by atoms with Gasteiger partial charge in [0.2, 0.25) is 0 Å². The fraction of sp³-hybridized carbons (Fsp3) is 0.909. The van der Waals surface area contributed by atoms with Crippen LogP contribution < -0.4 is 0 Å². The van der Waals surface area contributed by atoms with Gasteiger partial charge in [0.25, 0.3) is 0 Å². The largest absolute Gasteiger partial charge is 0.396 e. The van der Waals surface area contributed by atoms with Crippen molar-refractivity contribution in [1.82, 2.24) is 0 Å². The average Bonchev–Trinajstić information content (AvgIpc) is 2.10. The number of carbonyl (C=O) groups excluding carboxylic acids is 1. The Balaban J connectivity index is 3.38. The van der Waals surface area contributed by atoms with E-state index in [1.54, 1.807) is 0 Å². The molecule has 84 valence electrons. The van der Waals surface area contributed by atoms with Gasteiger partial charge >= 0.3 is 0 Å². The van der Waals surface area contributed by atoms with Crippen LogP contribution in [0.5, 0.6) is 0 Å². The van der Waals surface area contributed by atoms with E-state index < -0.39 is 0 Å². The summed E-state index contributed by atoms with van der Waals surface area (Å²) in [6.07, 6.45) is 5.41. The highest BCUT2D eigenvalue weighted by atomic mass is 32.1. The van der Waals surface area contributed by atoms with Crippen molar-refractivity contribution in [2.24, 2.45) is 11.8 Å². The summed E-state index contributed by atoms with van der Waals surface area (Å²) < 4.78 is 0. The minimum atomic E-state index is -0.252. The topological polar surface area (TPSA) is 37.3 Å². The highest BCUT2D eigenvalue weighted by Crippen LogP contribution is 2.14. The minimum absolute atomic E-state index is 0.0630. The number of aliphatic hydroxyl groups excluding tert-OH is 1. The van der Waals surface area contributed by atoms with Crippen LogP contribution in [0.4, 0.5) is 0 Å². The van der Waals surface area contributed by atoms with Gasteiger partial charge < -0.3 is 5.11 Å². The van der Waals surface area contributed by atoms with Crippen molar-refractivity contribution in [3.05, 3.63) is 0 Å². The van der Waals surface area contributed by atoms with Crippen LogP contribution in [-0.4, -0.2) is 16.8 Å². The van der Waals surface area contributed by atoms with Gasteiger partial charge in [-0.25, -0.2) is 0 Å². The van der Waals surface area contributed by atoms with Crippen LogP contribution in [0.1, 0.15) is 46.0 Å². The third kappa shape index (κ3) is 7.39. The molecule has 2 nitrogen and oxygen atoms in total. The predicted molar refractivity (Wildman–Crippen MR) is 62.5 cm³/mol. The van der Waals surface area contributed by atoms with Crippen LogP contribution in [0.3, 0.4) is 0 Å². The summed E-state index contributed by atoms with van der Waals surface area (Å²) in [6.45, 7) is 4.37. The first-order valence-electron chi connectivity index (χ1n) is 5.41. The number of aliphatic hydroxyl groups is 1. The van der Waals surface area contributed by atoms with Crippen LogP contribution in [0.2, 0.25) is 0 Å². The van der Waals surface area contributed by atoms with E-state index in [-0.39, 0.29) is 17.6 Å². The fourth-order valence-electron chi connectivity index (χ4n) is 1.41. The fourth-order valence-corrected chi connectivity index (χ4v) is 1.62. The Morgan fingerprint density at radius 1 is 1.21 bits per heavy atom. The maximum Gasteiger partial charge on any atom is 0.191 e. The molecule has 0 saturated carbocycles. The third-order valence-corrected chi connectivity index (χ3v) is 2.77. The first-order valence-corrected chi connectivity index (χ1v) is 5.86. The van der Waals surface area contributed by atoms with Gasteiger partial charge in [0, 0.05) is 0 Å². The van der Waals surface area contributed by atoms with Gasteiger partial charge in [-0.3, -0.25) is 4.79 Å². The Morgan fingerprint density at radius 3 is 2.21 bits per heavy atom. The van der Waals surface area contributed by atoms with E-state index >= 15 is 0 Å². The molecular weight excluding hydrogens is 196 g/mol. The van der Waals surface area contributed by atoms with Gasteiger partial charge in [0.15, 0.2) is 5.12 Å². The van der Waals surface area contributed by atoms with E-state index in [1.807, 2.05) is 0 Å². The lowest BCUT2D eigenvalue weighted by Gasteiger charge is -2.09. The number of unbranched alkanes of at least 4 members (excludes halogenated alkanes) is 2. The molecule has 1 atom stereocenters. The summed E-state index contributed by atoms with van der Waals surface area (Å²) in [7, 11) is 0. The zero-order chi connectivity index (χ0) is 11.0. The summed E-state index contributed by atoms with van der Waals surface area (Å²) in [5.74, 6) is 0.507. The summed E-state index contributed by atoms with van der Waals surface area (Å²) in [5, 5.41) is 8.69. The Labute approximate surface area is 92.5 Å². The van der Waals surface area contributed by atoms with Crippen molar-refractivity contribution in [2.75, 3.05) is 6.61 Å². The van der Waals surface area contributed by atoms with E-state index in [0.29, 0.717) is 0 Å². The molecule has 0 aliphatic rings. The molecule has 0 aliphatic heterocycles. The van der Waals surface area contributed by atoms with E-state index in [4.69, 9.17) is 5.11 Å². The second-order valence-corrected chi connectivity index (χ2v) is 4.69. The van der Waals surface area contributed by atoms with Crippen molar-refractivity contribution in [2.45, 2.75) is 46.0 Å². The molecule has 0 aromatic carbocycles. The van der Waals surface area contributed by atoms with Crippen LogP contribution in [0.25, 0.3) is 0 Å². The molecular formula is C11H22O2S. The Hall–Kier alpha value is -0.0200. The molecule has 14 heavy (non-hydrogen) atoms. The number of carbonyl (C=O) groups is 1. The van der Waals surface area contributed by atoms with Crippen molar-refractivity contribution >= 4 is 17.7 Å². The molecule has 1 N–H and O–H groups in total. The van der Waals surface area contributed by atoms with Gasteiger partial charge in [0.1, 0.15) is 0 Å². The smallest absolute Gasteiger partial charge is 0.191 e. The van der Waals surface area contributed by atoms with Gasteiger partial charge in [-0.2, -0.15) is 0 Å². The van der Waals surface area contributed by atoms with Gasteiger partial charge in [0.05, 0.1) is 12.5 Å². The molecule has 0 aromatic heterocycles. The van der Waals surface area contributed by atoms with Gasteiger partial charge in [-0.15, -0.1) is 12.6 Å². The molecule has 0 fully saturated rings. The van der Waals surface area contributed by atoms with Crippen LogP contribution in [-0.2, 0) is 4.79 Å². The van der Waals surface area contributed by atoms with Gasteiger partial charge in [-0.05, 0) is 12.3 Å². The number of thiol groups is 1. The molecule has 0 aromatic rings. The lowest BCUT2D eigenvalue weighted by Crippen LogP contribution is -2.13. The lowest BCUT2D eigenvalue weighted by atomic mass is 10.0. The van der Waals surface area contributed by atoms with Crippen molar-refractivity contribution < 1.29 is 9.90 Å². The van der Waals surface area contributed by atoms with Crippen LogP contribution >= 0.6 is 12.6 Å². The van der Waals surface area contributed by atoms with Crippen molar-refractivity contribution in [3.63, 3.8) is 0 Å². The average molecular weight is 218 g/mol. The Morgan fingerprint density at radius 2 is 1.79 bits per heavy atom. The minimum Gasteiger partial charge on any atom is -0.396 e. The second kappa shape index (κ2) is 8.30. The molecule has 0 spiro atoms. The van der Waals surface area contributed by atoms with Crippen molar-refractivity contribution in [3.8, 4) is 0 Å². The van der Waals surface area contributed by atoms with Gasteiger partial charge in [-0.1, -0.05) is 39.5 Å². The molecule has 0 bridgehead atoms. The quantitative estimate of drug-likeness (QED) is 0.485. The van der Waals surface area contributed by atoms with E-state index in [2.05, 4.69) is 26.5 Å². The SMILES string of the molecule is CC(C)CCCCCC(CO)C(=O)S. The molecule has 0 amide bonds. The first kappa shape index (κ1) is 14.0. The van der Waals surface area contributed by atoms with E-state index in [1.165, 1.54) is 12.8 Å². The maximum atomic E-state index is 10.9. The summed E-state index contributed by atoms with van der Waals surface area (Å²) in [6, 6.07) is 0. The van der Waals surface area contributed by atoms with Crippen LogP contribution in [0, 0.1) is 11.8 Å². The second-order valence-electron chi connectivity index (χ2n) is 4.25. The standard InChI is InChI=1S/C11H22O2S/c1-9(2)6-4-3-5-7-10(8-12)11(13)14/h9-10,12H,3-8H2,1-2H3,(H,13,14). The Kier molecular flexibility index (Phi) is 8.29. The zero-order valence-electron chi connectivity index (χ0n) is 9.20. The molecule has 0 rings (SSSR count).